The first-order valence-corrected chi connectivity index (χ1v) is 7.13. The van der Waals surface area contributed by atoms with Crippen molar-refractivity contribution in [1.82, 2.24) is 4.90 Å². The van der Waals surface area contributed by atoms with Crippen molar-refractivity contribution in [3.8, 4) is 0 Å². The van der Waals surface area contributed by atoms with Crippen molar-refractivity contribution in [2.45, 2.75) is 12.8 Å². The number of carboxylic acid groups (broad SMARTS) is 1. The molecule has 1 aromatic rings. The fraction of sp³-hybridized carbons (Fsp3) is 0.385. The van der Waals surface area contributed by atoms with Crippen molar-refractivity contribution in [1.29, 1.82) is 0 Å². The molecule has 1 fully saturated rings. The number of likely N-dealkylation sites (tertiary alicyclic amines) is 1. The van der Waals surface area contributed by atoms with Crippen LogP contribution in [0.4, 0.5) is 0 Å². The number of aliphatic carboxylic acids is 1. The topological polar surface area (TPSA) is 57.6 Å². The molecule has 1 amide bonds. The number of amides is 1. The number of rotatable bonds is 2. The lowest BCUT2D eigenvalue weighted by Gasteiger charge is -2.30. The number of halogens is 2. The van der Waals surface area contributed by atoms with Gasteiger partial charge in [0.15, 0.2) is 0 Å². The molecule has 0 unspecified atom stereocenters. The third kappa shape index (κ3) is 3.28. The Morgan fingerprint density at radius 2 is 1.95 bits per heavy atom. The van der Waals surface area contributed by atoms with E-state index in [0.29, 0.717) is 36.5 Å². The summed E-state index contributed by atoms with van der Waals surface area (Å²) in [6, 6.07) is 5.07. The predicted molar refractivity (Wildman–Crippen MR) is 75.4 cm³/mol. The predicted octanol–water partition coefficient (Wildman–Crippen LogP) is 3.04. The van der Waals surface area contributed by atoms with E-state index in [1.54, 1.807) is 23.1 Å². The monoisotopic (exact) mass is 345 g/mol. The van der Waals surface area contributed by atoms with Gasteiger partial charge in [-0.05, 0) is 47.0 Å². The molecule has 1 aromatic carbocycles. The van der Waals surface area contributed by atoms with Crippen molar-refractivity contribution < 1.29 is 14.7 Å². The van der Waals surface area contributed by atoms with Gasteiger partial charge in [-0.3, -0.25) is 9.59 Å². The van der Waals surface area contributed by atoms with Gasteiger partial charge in [-0.2, -0.15) is 0 Å². The zero-order valence-electron chi connectivity index (χ0n) is 10.1. The number of carbonyl (C=O) groups excluding carboxylic acids is 1. The zero-order chi connectivity index (χ0) is 14.0. The van der Waals surface area contributed by atoms with E-state index in [2.05, 4.69) is 15.9 Å². The maximum atomic E-state index is 12.2. The standard InChI is InChI=1S/C13H13BrClNO3/c14-10-2-1-9(7-11(10)15)12(17)16-5-3-8(4-6-16)13(18)19/h1-2,7-8H,3-6H2,(H,18,19). The molecule has 2 rings (SSSR count). The van der Waals surface area contributed by atoms with Gasteiger partial charge in [-0.15, -0.1) is 0 Å². The second kappa shape index (κ2) is 5.92. The van der Waals surface area contributed by atoms with Crippen molar-refractivity contribution in [3.05, 3.63) is 33.3 Å². The van der Waals surface area contributed by atoms with Gasteiger partial charge < -0.3 is 10.0 Å². The maximum absolute atomic E-state index is 12.2. The third-order valence-corrected chi connectivity index (χ3v) is 4.53. The minimum absolute atomic E-state index is 0.0989. The van der Waals surface area contributed by atoms with E-state index in [0.717, 1.165) is 4.47 Å². The summed E-state index contributed by atoms with van der Waals surface area (Å²) in [5, 5.41) is 9.41. The molecule has 0 radical (unpaired) electrons. The lowest BCUT2D eigenvalue weighted by molar-refractivity contribution is -0.143. The summed E-state index contributed by atoms with van der Waals surface area (Å²) in [5.41, 5.74) is 0.530. The summed E-state index contributed by atoms with van der Waals surface area (Å²) in [6.07, 6.45) is 1.01. The molecule has 0 saturated carbocycles. The molecule has 1 saturated heterocycles. The fourth-order valence-corrected chi connectivity index (χ4v) is 2.57. The summed E-state index contributed by atoms with van der Waals surface area (Å²) in [4.78, 5) is 24.8. The van der Waals surface area contributed by atoms with Crippen LogP contribution in [0.3, 0.4) is 0 Å². The average molecular weight is 347 g/mol. The molecule has 1 heterocycles. The van der Waals surface area contributed by atoms with Crippen LogP contribution in [0.1, 0.15) is 23.2 Å². The van der Waals surface area contributed by atoms with Crippen molar-refractivity contribution in [2.75, 3.05) is 13.1 Å². The van der Waals surface area contributed by atoms with Crippen LogP contribution in [0.2, 0.25) is 5.02 Å². The molecule has 6 heteroatoms. The highest BCUT2D eigenvalue weighted by molar-refractivity contribution is 9.10. The molecule has 0 aromatic heterocycles. The Labute approximate surface area is 124 Å². The van der Waals surface area contributed by atoms with Gasteiger partial charge in [0.2, 0.25) is 0 Å². The summed E-state index contributed by atoms with van der Waals surface area (Å²) in [7, 11) is 0. The van der Waals surface area contributed by atoms with Crippen molar-refractivity contribution >= 4 is 39.4 Å². The summed E-state index contributed by atoms with van der Waals surface area (Å²) < 4.78 is 0.746. The highest BCUT2D eigenvalue weighted by atomic mass is 79.9. The Bertz CT molecular complexity index is 513. The first-order valence-electron chi connectivity index (χ1n) is 5.96. The van der Waals surface area contributed by atoms with Gasteiger partial charge in [0.05, 0.1) is 10.9 Å². The van der Waals surface area contributed by atoms with Gasteiger partial charge in [-0.1, -0.05) is 11.6 Å². The molecule has 19 heavy (non-hydrogen) atoms. The van der Waals surface area contributed by atoms with Crippen LogP contribution in [0.5, 0.6) is 0 Å². The maximum Gasteiger partial charge on any atom is 0.306 e. The Morgan fingerprint density at radius 3 is 2.47 bits per heavy atom. The summed E-state index contributed by atoms with van der Waals surface area (Å²) in [5.74, 6) is -1.21. The molecule has 4 nitrogen and oxygen atoms in total. The van der Waals surface area contributed by atoms with Crippen LogP contribution >= 0.6 is 27.5 Å². The van der Waals surface area contributed by atoms with Crippen LogP contribution in [-0.2, 0) is 4.79 Å². The number of benzene rings is 1. The quantitative estimate of drug-likeness (QED) is 0.895. The number of piperidine rings is 1. The molecule has 0 spiro atoms. The van der Waals surface area contributed by atoms with Crippen LogP contribution in [0, 0.1) is 5.92 Å². The van der Waals surface area contributed by atoms with E-state index in [1.807, 2.05) is 0 Å². The van der Waals surface area contributed by atoms with Crippen LogP contribution in [-0.4, -0.2) is 35.0 Å². The van der Waals surface area contributed by atoms with Gasteiger partial charge in [0, 0.05) is 23.1 Å². The van der Waals surface area contributed by atoms with Crippen LogP contribution in [0.15, 0.2) is 22.7 Å². The Hall–Kier alpha value is -1.07. The highest BCUT2D eigenvalue weighted by Crippen LogP contribution is 2.25. The Balaban J connectivity index is 2.05. The van der Waals surface area contributed by atoms with Gasteiger partial charge >= 0.3 is 5.97 Å². The largest absolute Gasteiger partial charge is 0.481 e. The van der Waals surface area contributed by atoms with E-state index in [4.69, 9.17) is 16.7 Å². The minimum atomic E-state index is -0.779. The molecular formula is C13H13BrClNO3. The van der Waals surface area contributed by atoms with Gasteiger partial charge in [0.1, 0.15) is 0 Å². The van der Waals surface area contributed by atoms with Crippen molar-refractivity contribution in [2.24, 2.45) is 5.92 Å². The Kier molecular flexibility index (Phi) is 4.47. The Morgan fingerprint density at radius 1 is 1.32 bits per heavy atom. The van der Waals surface area contributed by atoms with Crippen LogP contribution in [0.25, 0.3) is 0 Å². The second-order valence-corrected chi connectivity index (χ2v) is 5.80. The molecule has 1 aliphatic heterocycles. The number of hydrogen-bond acceptors (Lipinski definition) is 2. The van der Waals surface area contributed by atoms with Crippen LogP contribution < -0.4 is 0 Å². The molecular weight excluding hydrogens is 334 g/mol. The minimum Gasteiger partial charge on any atom is -0.481 e. The number of nitrogens with zero attached hydrogens (tertiary/aromatic N) is 1. The third-order valence-electron chi connectivity index (χ3n) is 3.30. The number of carboxylic acids is 1. The van der Waals surface area contributed by atoms with E-state index >= 15 is 0 Å². The van der Waals surface area contributed by atoms with Gasteiger partial charge in [0.25, 0.3) is 5.91 Å². The lowest BCUT2D eigenvalue weighted by Crippen LogP contribution is -2.40. The zero-order valence-corrected chi connectivity index (χ0v) is 12.4. The highest BCUT2D eigenvalue weighted by Gasteiger charge is 2.27. The van der Waals surface area contributed by atoms with E-state index < -0.39 is 5.97 Å². The molecule has 0 aliphatic carbocycles. The smallest absolute Gasteiger partial charge is 0.306 e. The summed E-state index contributed by atoms with van der Waals surface area (Å²) >= 11 is 9.24. The normalized spacial score (nSPS) is 16.4. The molecule has 1 N–H and O–H groups in total. The second-order valence-electron chi connectivity index (χ2n) is 4.53. The van der Waals surface area contributed by atoms with Gasteiger partial charge in [-0.25, -0.2) is 0 Å². The van der Waals surface area contributed by atoms with E-state index in [1.165, 1.54) is 0 Å². The lowest BCUT2D eigenvalue weighted by atomic mass is 9.96. The molecule has 0 atom stereocenters. The first kappa shape index (κ1) is 14.3. The summed E-state index contributed by atoms with van der Waals surface area (Å²) in [6.45, 7) is 0.951. The fourth-order valence-electron chi connectivity index (χ4n) is 2.14. The number of carbonyl (C=O) groups is 2. The van der Waals surface area contributed by atoms with E-state index in [9.17, 15) is 9.59 Å². The first-order chi connectivity index (χ1) is 8.99. The van der Waals surface area contributed by atoms with Crippen molar-refractivity contribution in [3.63, 3.8) is 0 Å². The number of hydrogen-bond donors (Lipinski definition) is 1. The SMILES string of the molecule is O=C(O)C1CCN(C(=O)c2ccc(Br)c(Cl)c2)CC1. The molecule has 0 bridgehead atoms. The molecule has 102 valence electrons. The molecule has 1 aliphatic rings. The average Bonchev–Trinajstić information content (AvgIpc) is 2.41. The van der Waals surface area contributed by atoms with E-state index in [-0.39, 0.29) is 11.8 Å².